The summed E-state index contributed by atoms with van der Waals surface area (Å²) in [5.41, 5.74) is -0.105. The van der Waals surface area contributed by atoms with Gasteiger partial charge in [-0.2, -0.15) is 13.2 Å². The molecule has 0 aliphatic carbocycles. The SMILES string of the molecule is Cl.O=C(CCS(=O)(=O)c1ccccc1)N1CCN(Cc2cccc(C(F)(F)F)c2)CC1. The van der Waals surface area contributed by atoms with Crippen LogP contribution in [-0.2, 0) is 27.4 Å². The first kappa shape index (κ1) is 25.2. The van der Waals surface area contributed by atoms with E-state index in [1.54, 1.807) is 29.2 Å². The van der Waals surface area contributed by atoms with Crippen molar-refractivity contribution in [3.8, 4) is 0 Å². The van der Waals surface area contributed by atoms with E-state index < -0.39 is 21.6 Å². The van der Waals surface area contributed by atoms with Gasteiger partial charge in [0.05, 0.1) is 16.2 Å². The molecule has 1 heterocycles. The topological polar surface area (TPSA) is 57.7 Å². The number of nitrogens with zero attached hydrogens (tertiary/aromatic N) is 2. The minimum atomic E-state index is -4.37. The van der Waals surface area contributed by atoms with Crippen molar-refractivity contribution >= 4 is 28.2 Å². The van der Waals surface area contributed by atoms with Crippen molar-refractivity contribution in [2.24, 2.45) is 0 Å². The lowest BCUT2D eigenvalue weighted by atomic mass is 10.1. The molecule has 1 amide bonds. The molecule has 0 unspecified atom stereocenters. The molecular formula is C21H24ClF3N2O3S. The zero-order chi connectivity index (χ0) is 21.8. The van der Waals surface area contributed by atoms with Crippen LogP contribution in [0.5, 0.6) is 0 Å². The van der Waals surface area contributed by atoms with Gasteiger partial charge in [-0.05, 0) is 23.8 Å². The molecule has 5 nitrogen and oxygen atoms in total. The number of hydrogen-bond acceptors (Lipinski definition) is 4. The lowest BCUT2D eigenvalue weighted by Gasteiger charge is -2.35. The summed E-state index contributed by atoms with van der Waals surface area (Å²) < 4.78 is 63.2. The monoisotopic (exact) mass is 476 g/mol. The molecule has 31 heavy (non-hydrogen) atoms. The van der Waals surface area contributed by atoms with Gasteiger partial charge in [-0.3, -0.25) is 9.69 Å². The third-order valence-electron chi connectivity index (χ3n) is 5.07. The van der Waals surface area contributed by atoms with Crippen molar-refractivity contribution in [2.45, 2.75) is 24.0 Å². The van der Waals surface area contributed by atoms with Gasteiger partial charge in [0, 0.05) is 39.1 Å². The molecule has 0 saturated carbocycles. The van der Waals surface area contributed by atoms with Crippen molar-refractivity contribution in [3.05, 3.63) is 65.7 Å². The third-order valence-corrected chi connectivity index (χ3v) is 6.80. The van der Waals surface area contributed by atoms with Gasteiger partial charge in [-0.1, -0.05) is 36.4 Å². The van der Waals surface area contributed by atoms with Crippen LogP contribution in [-0.4, -0.2) is 56.1 Å². The normalized spacial score (nSPS) is 15.4. The number of carbonyl (C=O) groups is 1. The summed E-state index contributed by atoms with van der Waals surface area (Å²) in [6, 6.07) is 13.3. The molecule has 0 spiro atoms. The average molecular weight is 477 g/mol. The predicted octanol–water partition coefficient (Wildman–Crippen LogP) is 3.64. The average Bonchev–Trinajstić information content (AvgIpc) is 2.73. The zero-order valence-electron chi connectivity index (χ0n) is 16.7. The first-order chi connectivity index (χ1) is 14.1. The van der Waals surface area contributed by atoms with Crippen LogP contribution >= 0.6 is 12.4 Å². The summed E-state index contributed by atoms with van der Waals surface area (Å²) in [6.07, 6.45) is -4.47. The van der Waals surface area contributed by atoms with E-state index in [4.69, 9.17) is 0 Å². The summed E-state index contributed by atoms with van der Waals surface area (Å²) >= 11 is 0. The minimum absolute atomic E-state index is 0. The van der Waals surface area contributed by atoms with Gasteiger partial charge in [-0.25, -0.2) is 8.42 Å². The van der Waals surface area contributed by atoms with Crippen LogP contribution in [0.2, 0.25) is 0 Å². The van der Waals surface area contributed by atoms with E-state index in [0.29, 0.717) is 38.3 Å². The molecule has 1 saturated heterocycles. The standard InChI is InChI=1S/C21H23F3N2O3S.ClH/c22-21(23,24)18-6-4-5-17(15-18)16-25-10-12-26(13-11-25)20(27)9-14-30(28,29)19-7-2-1-3-8-19;/h1-8,15H,9-14,16H2;1H. The van der Waals surface area contributed by atoms with Gasteiger partial charge in [-0.15, -0.1) is 12.4 Å². The van der Waals surface area contributed by atoms with Crippen molar-refractivity contribution in [1.29, 1.82) is 0 Å². The highest BCUT2D eigenvalue weighted by Gasteiger charge is 2.30. The van der Waals surface area contributed by atoms with Crippen LogP contribution in [0.4, 0.5) is 13.2 Å². The molecule has 1 fully saturated rings. The van der Waals surface area contributed by atoms with Gasteiger partial charge in [0.2, 0.25) is 5.91 Å². The Balaban J connectivity index is 0.00000341. The van der Waals surface area contributed by atoms with E-state index in [-0.39, 0.29) is 35.4 Å². The molecule has 0 radical (unpaired) electrons. The van der Waals surface area contributed by atoms with Crippen molar-refractivity contribution in [1.82, 2.24) is 9.80 Å². The van der Waals surface area contributed by atoms with Crippen LogP contribution in [0.25, 0.3) is 0 Å². The molecule has 2 aromatic carbocycles. The molecule has 1 aliphatic rings. The van der Waals surface area contributed by atoms with Gasteiger partial charge in [0.15, 0.2) is 9.84 Å². The molecule has 0 N–H and O–H groups in total. The van der Waals surface area contributed by atoms with Gasteiger partial charge < -0.3 is 4.90 Å². The van der Waals surface area contributed by atoms with Gasteiger partial charge in [0.25, 0.3) is 0 Å². The quantitative estimate of drug-likeness (QED) is 0.639. The summed E-state index contributed by atoms with van der Waals surface area (Å²) in [4.78, 5) is 16.2. The Labute approximate surface area is 186 Å². The number of benzene rings is 2. The number of alkyl halides is 3. The Kier molecular flexibility index (Phi) is 8.50. The number of carbonyl (C=O) groups excluding carboxylic acids is 1. The maximum Gasteiger partial charge on any atom is 0.416 e. The van der Waals surface area contributed by atoms with E-state index in [1.807, 2.05) is 4.90 Å². The number of piperazine rings is 1. The molecule has 0 aromatic heterocycles. The number of rotatable bonds is 6. The predicted molar refractivity (Wildman–Crippen MR) is 114 cm³/mol. The summed E-state index contributed by atoms with van der Waals surface area (Å²) in [5, 5.41) is 0. The van der Waals surface area contributed by atoms with Crippen molar-refractivity contribution < 1.29 is 26.4 Å². The summed E-state index contributed by atoms with van der Waals surface area (Å²) in [7, 11) is -3.51. The number of amides is 1. The molecule has 10 heteroatoms. The largest absolute Gasteiger partial charge is 0.416 e. The lowest BCUT2D eigenvalue weighted by Crippen LogP contribution is -2.48. The molecular weight excluding hydrogens is 453 g/mol. The van der Waals surface area contributed by atoms with E-state index in [1.165, 1.54) is 18.2 Å². The fraction of sp³-hybridized carbons (Fsp3) is 0.381. The molecule has 0 bridgehead atoms. The first-order valence-corrected chi connectivity index (χ1v) is 11.2. The zero-order valence-corrected chi connectivity index (χ0v) is 18.3. The van der Waals surface area contributed by atoms with Crippen LogP contribution < -0.4 is 0 Å². The Bertz CT molecular complexity index is 977. The fourth-order valence-corrected chi connectivity index (χ4v) is 4.64. The number of halogens is 4. The molecule has 2 aromatic rings. The lowest BCUT2D eigenvalue weighted by molar-refractivity contribution is -0.137. The maximum absolute atomic E-state index is 12.9. The van der Waals surface area contributed by atoms with Crippen molar-refractivity contribution in [2.75, 3.05) is 31.9 Å². The number of hydrogen-bond donors (Lipinski definition) is 0. The first-order valence-electron chi connectivity index (χ1n) is 9.59. The van der Waals surface area contributed by atoms with E-state index >= 15 is 0 Å². The van der Waals surface area contributed by atoms with Crippen molar-refractivity contribution in [3.63, 3.8) is 0 Å². The summed E-state index contributed by atoms with van der Waals surface area (Å²) in [6.45, 7) is 2.25. The molecule has 3 rings (SSSR count). The maximum atomic E-state index is 12.9. The van der Waals surface area contributed by atoms with E-state index in [2.05, 4.69) is 0 Å². The highest BCUT2D eigenvalue weighted by atomic mass is 35.5. The minimum Gasteiger partial charge on any atom is -0.340 e. The second kappa shape index (κ2) is 10.5. The second-order valence-electron chi connectivity index (χ2n) is 7.24. The number of sulfone groups is 1. The highest BCUT2D eigenvalue weighted by Crippen LogP contribution is 2.29. The van der Waals surface area contributed by atoms with Gasteiger partial charge >= 0.3 is 6.18 Å². The summed E-state index contributed by atoms with van der Waals surface area (Å²) in [5.74, 6) is -0.478. The van der Waals surface area contributed by atoms with Crippen LogP contribution in [0.3, 0.4) is 0 Å². The Hall–Kier alpha value is -2.10. The molecule has 1 aliphatic heterocycles. The van der Waals surface area contributed by atoms with Crippen LogP contribution in [0.1, 0.15) is 17.5 Å². The van der Waals surface area contributed by atoms with E-state index in [0.717, 1.165) is 12.1 Å². The molecule has 170 valence electrons. The Morgan fingerprint density at radius 1 is 0.935 bits per heavy atom. The Morgan fingerprint density at radius 2 is 1.58 bits per heavy atom. The fourth-order valence-electron chi connectivity index (χ4n) is 3.39. The molecule has 0 atom stereocenters. The highest BCUT2D eigenvalue weighted by molar-refractivity contribution is 7.91. The van der Waals surface area contributed by atoms with Gasteiger partial charge in [0.1, 0.15) is 0 Å². The Morgan fingerprint density at radius 3 is 2.19 bits per heavy atom. The van der Waals surface area contributed by atoms with E-state index in [9.17, 15) is 26.4 Å². The smallest absolute Gasteiger partial charge is 0.340 e. The van der Waals surface area contributed by atoms with Crippen LogP contribution in [0, 0.1) is 0 Å². The second-order valence-corrected chi connectivity index (χ2v) is 9.35. The third kappa shape index (κ3) is 6.95. The van der Waals surface area contributed by atoms with Crippen LogP contribution in [0.15, 0.2) is 59.5 Å².